The minimum Gasteiger partial charge on any atom is -0.490 e. The normalized spacial score (nSPS) is 17.7. The van der Waals surface area contributed by atoms with Crippen LogP contribution in [-0.4, -0.2) is 30.5 Å². The highest BCUT2D eigenvalue weighted by molar-refractivity contribution is 5.55. The summed E-state index contributed by atoms with van der Waals surface area (Å²) in [5.41, 5.74) is 0.203. The first-order valence-electron chi connectivity index (χ1n) is 6.85. The number of rotatable bonds is 4. The van der Waals surface area contributed by atoms with Gasteiger partial charge in [0.2, 0.25) is 0 Å². The van der Waals surface area contributed by atoms with Gasteiger partial charge in [-0.25, -0.2) is 0 Å². The molecule has 4 nitrogen and oxygen atoms in total. The van der Waals surface area contributed by atoms with Gasteiger partial charge in [0, 0.05) is 24.7 Å². The van der Waals surface area contributed by atoms with Gasteiger partial charge in [-0.1, -0.05) is 13.8 Å². The van der Waals surface area contributed by atoms with Crippen molar-refractivity contribution in [2.45, 2.75) is 32.8 Å². The molecule has 106 valence electrons. The Balaban J connectivity index is 2.04. The molecule has 1 heterocycles. The lowest BCUT2D eigenvalue weighted by molar-refractivity contribution is 0.0266. The number of anilines is 1. The summed E-state index contributed by atoms with van der Waals surface area (Å²) < 4.78 is 11.2. The first kappa shape index (κ1) is 14.0. The van der Waals surface area contributed by atoms with Crippen molar-refractivity contribution >= 4 is 5.69 Å². The zero-order valence-corrected chi connectivity index (χ0v) is 11.9. The number of nitrogens with one attached hydrogen (secondary N) is 1. The molecule has 0 radical (unpaired) electrons. The van der Waals surface area contributed by atoms with Gasteiger partial charge in [0.25, 0.3) is 0 Å². The van der Waals surface area contributed by atoms with Crippen molar-refractivity contribution in [3.63, 3.8) is 0 Å². The number of hydrogen-bond donors (Lipinski definition) is 2. The average Bonchev–Trinajstić information content (AvgIpc) is 2.60. The lowest BCUT2D eigenvalue weighted by Gasteiger charge is -2.28. The van der Waals surface area contributed by atoms with Crippen LogP contribution < -0.4 is 14.8 Å². The monoisotopic (exact) mass is 265 g/mol. The lowest BCUT2D eigenvalue weighted by atomic mass is 9.92. The standard InChI is InChI=1S/C15H23NO3/c1-11(2)15(3,17)10-16-12-5-6-13-14(9-12)19-8-4-7-18-13/h5-6,9,11,16-17H,4,7-8,10H2,1-3H3. The molecule has 1 aromatic carbocycles. The molecule has 1 aliphatic heterocycles. The SMILES string of the molecule is CC(C)C(C)(O)CNc1ccc2c(c1)OCCCO2. The number of fused-ring (bicyclic) bond motifs is 1. The molecule has 1 atom stereocenters. The van der Waals surface area contributed by atoms with Crippen LogP contribution in [0.4, 0.5) is 5.69 Å². The van der Waals surface area contributed by atoms with E-state index in [0.717, 1.165) is 23.6 Å². The molecule has 0 amide bonds. The average molecular weight is 265 g/mol. The van der Waals surface area contributed by atoms with Crippen molar-refractivity contribution in [3.8, 4) is 11.5 Å². The summed E-state index contributed by atoms with van der Waals surface area (Å²) >= 11 is 0. The fourth-order valence-corrected chi connectivity index (χ4v) is 1.76. The summed E-state index contributed by atoms with van der Waals surface area (Å²) in [4.78, 5) is 0. The maximum Gasteiger partial charge on any atom is 0.163 e. The molecular weight excluding hydrogens is 242 g/mol. The molecule has 0 aliphatic carbocycles. The Bertz CT molecular complexity index is 429. The van der Waals surface area contributed by atoms with E-state index in [0.29, 0.717) is 19.8 Å². The predicted molar refractivity (Wildman–Crippen MR) is 76.0 cm³/mol. The number of benzene rings is 1. The first-order valence-corrected chi connectivity index (χ1v) is 6.85. The third-order valence-electron chi connectivity index (χ3n) is 3.64. The Morgan fingerprint density at radius 3 is 2.63 bits per heavy atom. The van der Waals surface area contributed by atoms with Crippen molar-refractivity contribution in [1.29, 1.82) is 0 Å². The van der Waals surface area contributed by atoms with E-state index >= 15 is 0 Å². The van der Waals surface area contributed by atoms with Gasteiger partial charge in [0.1, 0.15) is 0 Å². The molecule has 1 aromatic rings. The van der Waals surface area contributed by atoms with Gasteiger partial charge < -0.3 is 19.9 Å². The van der Waals surface area contributed by atoms with E-state index < -0.39 is 5.60 Å². The maximum absolute atomic E-state index is 10.2. The van der Waals surface area contributed by atoms with Gasteiger partial charge >= 0.3 is 0 Å². The molecule has 1 aliphatic rings. The Morgan fingerprint density at radius 1 is 1.26 bits per heavy atom. The molecule has 0 fully saturated rings. The molecular formula is C15H23NO3. The fraction of sp³-hybridized carbons (Fsp3) is 0.600. The van der Waals surface area contributed by atoms with E-state index in [9.17, 15) is 5.11 Å². The van der Waals surface area contributed by atoms with Crippen molar-refractivity contribution in [2.24, 2.45) is 5.92 Å². The second-order valence-electron chi connectivity index (χ2n) is 5.58. The second kappa shape index (κ2) is 5.70. The molecule has 1 unspecified atom stereocenters. The van der Waals surface area contributed by atoms with Gasteiger partial charge in [-0.05, 0) is 25.0 Å². The zero-order valence-electron chi connectivity index (χ0n) is 11.9. The van der Waals surface area contributed by atoms with Gasteiger partial charge in [0.15, 0.2) is 11.5 Å². The van der Waals surface area contributed by atoms with Gasteiger partial charge in [-0.3, -0.25) is 0 Å². The summed E-state index contributed by atoms with van der Waals surface area (Å²) in [5, 5.41) is 13.5. The highest BCUT2D eigenvalue weighted by Gasteiger charge is 2.24. The predicted octanol–water partition coefficient (Wildman–Crippen LogP) is 2.67. The maximum atomic E-state index is 10.2. The van der Waals surface area contributed by atoms with Crippen LogP contribution in [0.25, 0.3) is 0 Å². The van der Waals surface area contributed by atoms with E-state index in [1.807, 2.05) is 39.0 Å². The van der Waals surface area contributed by atoms with Crippen LogP contribution in [0.1, 0.15) is 27.2 Å². The molecule has 0 aromatic heterocycles. The zero-order chi connectivity index (χ0) is 13.9. The van der Waals surface area contributed by atoms with Crippen molar-refractivity contribution in [3.05, 3.63) is 18.2 Å². The van der Waals surface area contributed by atoms with E-state index in [1.165, 1.54) is 0 Å². The summed E-state index contributed by atoms with van der Waals surface area (Å²) in [6.45, 7) is 7.74. The van der Waals surface area contributed by atoms with E-state index in [2.05, 4.69) is 5.32 Å². The van der Waals surface area contributed by atoms with E-state index in [-0.39, 0.29) is 5.92 Å². The largest absolute Gasteiger partial charge is 0.490 e. The molecule has 0 saturated carbocycles. The van der Waals surface area contributed by atoms with Crippen molar-refractivity contribution in [1.82, 2.24) is 0 Å². The Labute approximate surface area is 114 Å². The van der Waals surface area contributed by atoms with Crippen molar-refractivity contribution < 1.29 is 14.6 Å². The van der Waals surface area contributed by atoms with E-state index in [1.54, 1.807) is 0 Å². The Morgan fingerprint density at radius 2 is 1.95 bits per heavy atom. The van der Waals surface area contributed by atoms with Crippen LogP contribution in [0.15, 0.2) is 18.2 Å². The minimum absolute atomic E-state index is 0.195. The molecule has 19 heavy (non-hydrogen) atoms. The smallest absolute Gasteiger partial charge is 0.163 e. The quantitative estimate of drug-likeness (QED) is 0.878. The topological polar surface area (TPSA) is 50.7 Å². The molecule has 2 rings (SSSR count). The molecule has 0 saturated heterocycles. The number of aliphatic hydroxyl groups is 1. The first-order chi connectivity index (χ1) is 8.99. The summed E-state index contributed by atoms with van der Waals surface area (Å²) in [6, 6.07) is 5.79. The summed E-state index contributed by atoms with van der Waals surface area (Å²) in [7, 11) is 0. The van der Waals surface area contributed by atoms with Crippen LogP contribution in [0.2, 0.25) is 0 Å². The molecule has 4 heteroatoms. The highest BCUT2D eigenvalue weighted by atomic mass is 16.5. The third-order valence-corrected chi connectivity index (χ3v) is 3.64. The van der Waals surface area contributed by atoms with Gasteiger partial charge in [0.05, 0.1) is 18.8 Å². The van der Waals surface area contributed by atoms with Gasteiger partial charge in [-0.2, -0.15) is 0 Å². The van der Waals surface area contributed by atoms with Crippen LogP contribution in [0.3, 0.4) is 0 Å². The molecule has 0 bridgehead atoms. The number of hydrogen-bond acceptors (Lipinski definition) is 4. The summed E-state index contributed by atoms with van der Waals surface area (Å²) in [5.74, 6) is 1.76. The lowest BCUT2D eigenvalue weighted by Crippen LogP contribution is -2.38. The van der Waals surface area contributed by atoms with Crippen LogP contribution in [0, 0.1) is 5.92 Å². The van der Waals surface area contributed by atoms with Crippen LogP contribution in [0.5, 0.6) is 11.5 Å². The fourth-order valence-electron chi connectivity index (χ4n) is 1.76. The van der Waals surface area contributed by atoms with Gasteiger partial charge in [-0.15, -0.1) is 0 Å². The third kappa shape index (κ3) is 3.53. The Kier molecular flexibility index (Phi) is 4.20. The minimum atomic E-state index is -0.732. The highest BCUT2D eigenvalue weighted by Crippen LogP contribution is 2.32. The Hall–Kier alpha value is -1.42. The van der Waals surface area contributed by atoms with Crippen LogP contribution in [-0.2, 0) is 0 Å². The van der Waals surface area contributed by atoms with E-state index in [4.69, 9.17) is 9.47 Å². The second-order valence-corrected chi connectivity index (χ2v) is 5.58. The molecule has 2 N–H and O–H groups in total. The van der Waals surface area contributed by atoms with Crippen LogP contribution >= 0.6 is 0 Å². The summed E-state index contributed by atoms with van der Waals surface area (Å²) in [6.07, 6.45) is 0.902. The molecule has 0 spiro atoms. The van der Waals surface area contributed by atoms with Crippen molar-refractivity contribution in [2.75, 3.05) is 25.1 Å². The number of ether oxygens (including phenoxy) is 2.